The molecule has 1 aliphatic rings. The number of para-hydroxylation sites is 1. The van der Waals surface area contributed by atoms with Gasteiger partial charge in [-0.1, -0.05) is 61.5 Å². The fraction of sp³-hybridized carbons (Fsp3) is 0.478. The van der Waals surface area contributed by atoms with Crippen LogP contribution < -0.4 is 4.74 Å². The normalized spacial score (nSPS) is 15.8. The Morgan fingerprint density at radius 2 is 1.71 bits per heavy atom. The second kappa shape index (κ2) is 12.6. The smallest absolute Gasteiger partial charge is 0.399 e. The van der Waals surface area contributed by atoms with Gasteiger partial charge in [0.1, 0.15) is 10.6 Å². The molecular weight excluding hydrogens is 523 g/mol. The summed E-state index contributed by atoms with van der Waals surface area (Å²) in [6.07, 6.45) is 5.56. The first kappa shape index (κ1) is 28.0. The molecule has 3 rings (SSSR count). The molecule has 0 unspecified atom stereocenters. The molecule has 1 fully saturated rings. The third-order valence-corrected chi connectivity index (χ3v) is 9.53. The topological polar surface area (TPSA) is 82.1 Å². The van der Waals surface area contributed by atoms with Gasteiger partial charge in [-0.05, 0) is 57.1 Å². The molecule has 0 bridgehead atoms. The molecule has 2 aromatic rings. The van der Waals surface area contributed by atoms with Gasteiger partial charge in [0.2, 0.25) is 10.0 Å². The van der Waals surface area contributed by atoms with Crippen molar-refractivity contribution in [2.75, 3.05) is 13.7 Å². The number of ether oxygens (including phenoxy) is 1. The molecule has 0 saturated heterocycles. The standard InChI is InChI=1S/C23H29ClF2NO6PS/c1-31-22-10-6-7-11-23(22)35(29,30)27(15-18-8-4-2-3-5-9-18)16-19-12-13-20(21(24)14-19)17-34(28,32-25)33-26/h6-7,10-14,18H,2-5,8-9,15-17H2,1H3. The zero-order chi connectivity index (χ0) is 25.5. The van der Waals surface area contributed by atoms with Crippen LogP contribution in [0.1, 0.15) is 49.7 Å². The lowest BCUT2D eigenvalue weighted by Gasteiger charge is -2.27. The predicted molar refractivity (Wildman–Crippen MR) is 129 cm³/mol. The molecule has 35 heavy (non-hydrogen) atoms. The Bertz CT molecular complexity index is 1140. The number of sulfonamides is 1. The summed E-state index contributed by atoms with van der Waals surface area (Å²) < 4.78 is 77.2. The number of hydrogen-bond donors (Lipinski definition) is 0. The van der Waals surface area contributed by atoms with E-state index in [1.54, 1.807) is 24.3 Å². The molecular formula is C23H29ClF2NO6PS. The van der Waals surface area contributed by atoms with Crippen LogP contribution in [-0.4, -0.2) is 26.4 Å². The maximum atomic E-state index is 13.8. The molecule has 0 N–H and O–H groups in total. The van der Waals surface area contributed by atoms with E-state index in [4.69, 9.17) is 16.3 Å². The second-order valence-corrected chi connectivity index (χ2v) is 12.8. The van der Waals surface area contributed by atoms with E-state index < -0.39 is 23.8 Å². The highest BCUT2D eigenvalue weighted by molar-refractivity contribution is 7.89. The first-order valence-corrected chi connectivity index (χ1v) is 14.9. The van der Waals surface area contributed by atoms with Crippen molar-refractivity contribution in [2.24, 2.45) is 5.92 Å². The molecule has 12 heteroatoms. The van der Waals surface area contributed by atoms with Crippen molar-refractivity contribution in [1.82, 2.24) is 4.31 Å². The largest absolute Gasteiger partial charge is 0.495 e. The van der Waals surface area contributed by atoms with Gasteiger partial charge in [0.15, 0.2) is 0 Å². The average molecular weight is 552 g/mol. The maximum absolute atomic E-state index is 13.8. The van der Waals surface area contributed by atoms with Crippen LogP contribution in [0.25, 0.3) is 0 Å². The number of methoxy groups -OCH3 is 1. The lowest BCUT2D eigenvalue weighted by molar-refractivity contribution is -0.0881. The van der Waals surface area contributed by atoms with Crippen LogP contribution in [0.5, 0.6) is 5.75 Å². The van der Waals surface area contributed by atoms with Crippen molar-refractivity contribution in [3.63, 3.8) is 0 Å². The molecule has 0 spiro atoms. The van der Waals surface area contributed by atoms with E-state index in [2.05, 4.69) is 9.46 Å². The molecule has 2 aromatic carbocycles. The molecule has 0 radical (unpaired) electrons. The first-order valence-electron chi connectivity index (χ1n) is 11.3. The van der Waals surface area contributed by atoms with Gasteiger partial charge in [0.25, 0.3) is 0 Å². The molecule has 1 saturated carbocycles. The Balaban J connectivity index is 1.92. The summed E-state index contributed by atoms with van der Waals surface area (Å²) in [4.78, 5) is 0.0694. The monoisotopic (exact) mass is 551 g/mol. The predicted octanol–water partition coefficient (Wildman–Crippen LogP) is 7.01. The van der Waals surface area contributed by atoms with Gasteiger partial charge in [0.05, 0.1) is 13.3 Å². The minimum Gasteiger partial charge on any atom is -0.495 e. The summed E-state index contributed by atoms with van der Waals surface area (Å²) in [5.74, 6) is 0.464. The Labute approximate surface area is 209 Å². The third-order valence-electron chi connectivity index (χ3n) is 6.17. The molecule has 0 amide bonds. The quantitative estimate of drug-likeness (QED) is 0.221. The zero-order valence-corrected chi connectivity index (χ0v) is 21.8. The number of rotatable bonds is 11. The van der Waals surface area contributed by atoms with E-state index >= 15 is 0 Å². The zero-order valence-electron chi connectivity index (χ0n) is 19.4. The van der Waals surface area contributed by atoms with E-state index in [1.807, 2.05) is 0 Å². The van der Waals surface area contributed by atoms with Gasteiger partial charge in [-0.3, -0.25) is 4.57 Å². The number of benzene rings is 2. The Kier molecular flexibility index (Phi) is 10.1. The van der Waals surface area contributed by atoms with Gasteiger partial charge in [-0.25, -0.2) is 8.42 Å². The maximum Gasteiger partial charge on any atom is 0.399 e. The van der Waals surface area contributed by atoms with E-state index in [-0.39, 0.29) is 33.7 Å². The summed E-state index contributed by atoms with van der Waals surface area (Å²) in [7, 11) is -7.13. The summed E-state index contributed by atoms with van der Waals surface area (Å²) in [6, 6.07) is 10.9. The Morgan fingerprint density at radius 3 is 2.31 bits per heavy atom. The van der Waals surface area contributed by atoms with Crippen molar-refractivity contribution >= 4 is 29.2 Å². The van der Waals surface area contributed by atoms with Gasteiger partial charge in [-0.15, -0.1) is 9.46 Å². The molecule has 0 aliphatic heterocycles. The highest BCUT2D eigenvalue weighted by atomic mass is 35.5. The van der Waals surface area contributed by atoms with Crippen molar-refractivity contribution in [2.45, 2.75) is 56.1 Å². The fourth-order valence-electron chi connectivity index (χ4n) is 4.34. The van der Waals surface area contributed by atoms with Crippen molar-refractivity contribution < 1.29 is 36.2 Å². The summed E-state index contributed by atoms with van der Waals surface area (Å²) >= 11 is 6.26. The van der Waals surface area contributed by atoms with Crippen LogP contribution in [-0.2, 0) is 36.8 Å². The van der Waals surface area contributed by atoms with Gasteiger partial charge < -0.3 is 4.74 Å². The Morgan fingerprint density at radius 1 is 1.06 bits per heavy atom. The molecule has 0 atom stereocenters. The highest BCUT2D eigenvalue weighted by Crippen LogP contribution is 2.53. The fourth-order valence-corrected chi connectivity index (χ4v) is 7.18. The van der Waals surface area contributed by atoms with E-state index in [0.717, 1.165) is 38.5 Å². The minimum absolute atomic E-state index is 0.0216. The first-order chi connectivity index (χ1) is 16.7. The van der Waals surface area contributed by atoms with Crippen LogP contribution in [0.3, 0.4) is 0 Å². The van der Waals surface area contributed by atoms with Crippen LogP contribution >= 0.6 is 19.2 Å². The Hall–Kier alpha value is -1.55. The van der Waals surface area contributed by atoms with E-state index in [9.17, 15) is 22.0 Å². The lowest BCUT2D eigenvalue weighted by atomic mass is 10.0. The number of halogens is 3. The summed E-state index contributed by atoms with van der Waals surface area (Å²) in [6.45, 7) is 0.355. The van der Waals surface area contributed by atoms with Crippen LogP contribution in [0.2, 0.25) is 5.02 Å². The summed E-state index contributed by atoms with van der Waals surface area (Å²) in [5, 5.41) is 0.0564. The van der Waals surface area contributed by atoms with E-state index in [0.29, 0.717) is 12.1 Å². The van der Waals surface area contributed by atoms with Crippen LogP contribution in [0.15, 0.2) is 47.4 Å². The second-order valence-electron chi connectivity index (χ2n) is 8.64. The molecule has 194 valence electrons. The van der Waals surface area contributed by atoms with E-state index in [1.165, 1.54) is 29.6 Å². The SMILES string of the molecule is COc1ccccc1S(=O)(=O)N(Cc1ccc(CP(=O)(OF)OF)c(Cl)c1)CC1CCCCCC1. The van der Waals surface area contributed by atoms with Crippen LogP contribution in [0.4, 0.5) is 9.05 Å². The molecule has 7 nitrogen and oxygen atoms in total. The van der Waals surface area contributed by atoms with Gasteiger partial charge in [-0.2, -0.15) is 4.31 Å². The molecule has 1 aliphatic carbocycles. The van der Waals surface area contributed by atoms with Gasteiger partial charge >= 0.3 is 7.60 Å². The number of nitrogens with zero attached hydrogens (tertiary/aromatic N) is 1. The van der Waals surface area contributed by atoms with Gasteiger partial charge in [0, 0.05) is 18.1 Å². The minimum atomic E-state index is -4.61. The average Bonchev–Trinajstić information content (AvgIpc) is 3.14. The van der Waals surface area contributed by atoms with Crippen LogP contribution in [0, 0.1) is 5.92 Å². The molecule has 0 aromatic heterocycles. The van der Waals surface area contributed by atoms with Crippen molar-refractivity contribution in [1.29, 1.82) is 0 Å². The lowest BCUT2D eigenvalue weighted by Crippen LogP contribution is -2.35. The third kappa shape index (κ3) is 7.24. The highest BCUT2D eigenvalue weighted by Gasteiger charge is 2.31. The van der Waals surface area contributed by atoms with Crippen molar-refractivity contribution in [3.05, 3.63) is 58.6 Å². The number of hydrogen-bond acceptors (Lipinski definition) is 6. The van der Waals surface area contributed by atoms with Crippen molar-refractivity contribution in [3.8, 4) is 5.75 Å². The summed E-state index contributed by atoms with van der Waals surface area (Å²) in [5.41, 5.74) is 0.694. The molecule has 0 heterocycles.